The number of H-pyrrole nitrogens is 1. The smallest absolute Gasteiger partial charge is 0.163 e. The molecule has 2 N–H and O–H groups in total. The number of rotatable bonds is 1. The number of nitrogens with zero attached hydrogens (tertiary/aromatic N) is 1. The molecule has 0 aliphatic carbocycles. The lowest BCUT2D eigenvalue weighted by molar-refractivity contribution is 0.297. The fourth-order valence-corrected chi connectivity index (χ4v) is 2.96. The Morgan fingerprint density at radius 3 is 2.75 bits per heavy atom. The fourth-order valence-electron chi connectivity index (χ4n) is 2.96. The minimum absolute atomic E-state index is 0.484. The summed E-state index contributed by atoms with van der Waals surface area (Å²) in [5.41, 5.74) is 2.00. The van der Waals surface area contributed by atoms with Crippen LogP contribution in [-0.2, 0) is 0 Å². The van der Waals surface area contributed by atoms with Crippen LogP contribution in [0.4, 0.5) is 0 Å². The van der Waals surface area contributed by atoms with Gasteiger partial charge in [-0.2, -0.15) is 0 Å². The maximum absolute atomic E-state index is 5.73. The number of hydrogen-bond acceptors (Lipinski definition) is 4. The van der Waals surface area contributed by atoms with Crippen molar-refractivity contribution in [3.05, 3.63) is 18.0 Å². The van der Waals surface area contributed by atoms with E-state index < -0.39 is 0 Å². The van der Waals surface area contributed by atoms with Crippen molar-refractivity contribution in [2.45, 2.75) is 25.2 Å². The first-order chi connectivity index (χ1) is 9.90. The van der Waals surface area contributed by atoms with Crippen molar-refractivity contribution in [3.8, 4) is 11.5 Å². The number of nitrogens with one attached hydrogen (secondary N) is 2. The molecule has 106 valence electrons. The molecular weight excluding hydrogens is 254 g/mol. The molecule has 1 aromatic carbocycles. The number of hydrogen-bond donors (Lipinski definition) is 2. The van der Waals surface area contributed by atoms with Gasteiger partial charge < -0.3 is 19.8 Å². The highest BCUT2D eigenvalue weighted by Crippen LogP contribution is 2.34. The van der Waals surface area contributed by atoms with E-state index in [9.17, 15) is 0 Å². The molecule has 0 amide bonds. The van der Waals surface area contributed by atoms with E-state index in [0.29, 0.717) is 19.1 Å². The number of aromatic nitrogens is 2. The summed E-state index contributed by atoms with van der Waals surface area (Å²) in [4.78, 5) is 8.19. The first-order valence-electron chi connectivity index (χ1n) is 7.40. The van der Waals surface area contributed by atoms with Crippen LogP contribution < -0.4 is 14.8 Å². The summed E-state index contributed by atoms with van der Waals surface area (Å²) >= 11 is 0. The van der Waals surface area contributed by atoms with Crippen LogP contribution in [0.3, 0.4) is 0 Å². The third-order valence-corrected chi connectivity index (χ3v) is 4.05. The molecule has 0 saturated carbocycles. The molecule has 0 bridgehead atoms. The lowest BCUT2D eigenvalue weighted by Gasteiger charge is -2.20. The van der Waals surface area contributed by atoms with Gasteiger partial charge in [0.15, 0.2) is 11.5 Å². The SMILES string of the molecule is c1c2c(cc3[nH]c(C4CCCNC4)nc13)OCCCO2. The predicted octanol–water partition coefficient (Wildman–Crippen LogP) is 2.19. The van der Waals surface area contributed by atoms with Crippen LogP contribution in [0.5, 0.6) is 11.5 Å². The molecule has 1 aromatic heterocycles. The largest absolute Gasteiger partial charge is 0.489 e. The van der Waals surface area contributed by atoms with Crippen molar-refractivity contribution < 1.29 is 9.47 Å². The highest BCUT2D eigenvalue weighted by Gasteiger charge is 2.20. The second kappa shape index (κ2) is 4.98. The van der Waals surface area contributed by atoms with Crippen molar-refractivity contribution in [3.63, 3.8) is 0 Å². The predicted molar refractivity (Wildman–Crippen MR) is 76.5 cm³/mol. The highest BCUT2D eigenvalue weighted by molar-refractivity contribution is 5.80. The third-order valence-electron chi connectivity index (χ3n) is 4.05. The Labute approximate surface area is 117 Å². The number of piperidine rings is 1. The lowest BCUT2D eigenvalue weighted by atomic mass is 9.99. The zero-order valence-corrected chi connectivity index (χ0v) is 11.4. The topological polar surface area (TPSA) is 59.2 Å². The molecule has 0 radical (unpaired) electrons. The summed E-state index contributed by atoms with van der Waals surface area (Å²) in [6, 6.07) is 4.01. The first-order valence-corrected chi connectivity index (χ1v) is 7.40. The van der Waals surface area contributed by atoms with Gasteiger partial charge in [-0.05, 0) is 19.4 Å². The van der Waals surface area contributed by atoms with E-state index in [2.05, 4.69) is 10.3 Å². The molecule has 2 aliphatic heterocycles. The normalized spacial score (nSPS) is 22.7. The van der Waals surface area contributed by atoms with Crippen LogP contribution in [0.2, 0.25) is 0 Å². The van der Waals surface area contributed by atoms with Crippen LogP contribution >= 0.6 is 0 Å². The van der Waals surface area contributed by atoms with E-state index >= 15 is 0 Å². The molecule has 3 heterocycles. The maximum Gasteiger partial charge on any atom is 0.163 e. The van der Waals surface area contributed by atoms with E-state index in [4.69, 9.17) is 14.5 Å². The van der Waals surface area contributed by atoms with Gasteiger partial charge in [0.1, 0.15) is 5.82 Å². The van der Waals surface area contributed by atoms with Crippen molar-refractivity contribution in [2.24, 2.45) is 0 Å². The third kappa shape index (κ3) is 2.12. The van der Waals surface area contributed by atoms with E-state index in [-0.39, 0.29) is 0 Å². The molecule has 2 aliphatic rings. The summed E-state index contributed by atoms with van der Waals surface area (Å²) in [6.45, 7) is 3.55. The van der Waals surface area contributed by atoms with Crippen LogP contribution in [0.1, 0.15) is 31.0 Å². The highest BCUT2D eigenvalue weighted by atomic mass is 16.5. The average molecular weight is 273 g/mol. The molecule has 4 rings (SSSR count). The zero-order valence-electron chi connectivity index (χ0n) is 11.4. The molecule has 1 unspecified atom stereocenters. The quantitative estimate of drug-likeness (QED) is 0.836. The molecule has 1 fully saturated rings. The van der Waals surface area contributed by atoms with Gasteiger partial charge in [-0.25, -0.2) is 4.98 Å². The number of aromatic amines is 1. The maximum atomic E-state index is 5.73. The fraction of sp³-hybridized carbons (Fsp3) is 0.533. The number of fused-ring (bicyclic) bond motifs is 2. The van der Waals surface area contributed by atoms with Gasteiger partial charge in [0.05, 0.1) is 24.2 Å². The minimum atomic E-state index is 0.484. The molecule has 0 spiro atoms. The first kappa shape index (κ1) is 12.0. The van der Waals surface area contributed by atoms with Gasteiger partial charge in [-0.1, -0.05) is 0 Å². The van der Waals surface area contributed by atoms with E-state index in [1.807, 2.05) is 12.1 Å². The molecule has 1 atom stereocenters. The number of benzene rings is 1. The minimum Gasteiger partial charge on any atom is -0.489 e. The van der Waals surface area contributed by atoms with E-state index in [1.165, 1.54) is 12.8 Å². The summed E-state index contributed by atoms with van der Waals surface area (Å²) in [5.74, 6) is 3.20. The van der Waals surface area contributed by atoms with Crippen LogP contribution in [0, 0.1) is 0 Å². The van der Waals surface area contributed by atoms with Crippen LogP contribution in [-0.4, -0.2) is 36.3 Å². The molecule has 2 aromatic rings. The summed E-state index contributed by atoms with van der Waals surface area (Å²) in [6.07, 6.45) is 3.33. The molecule has 20 heavy (non-hydrogen) atoms. The molecule has 1 saturated heterocycles. The second-order valence-corrected chi connectivity index (χ2v) is 5.53. The van der Waals surface area contributed by atoms with Gasteiger partial charge in [-0.3, -0.25) is 0 Å². The van der Waals surface area contributed by atoms with Gasteiger partial charge in [0, 0.05) is 31.0 Å². The molecule has 5 heteroatoms. The van der Waals surface area contributed by atoms with E-state index in [1.54, 1.807) is 0 Å². The van der Waals surface area contributed by atoms with E-state index in [0.717, 1.165) is 47.9 Å². The number of imidazole rings is 1. The number of ether oxygens (including phenoxy) is 2. The average Bonchev–Trinajstić information content (AvgIpc) is 2.76. The van der Waals surface area contributed by atoms with Crippen molar-refractivity contribution in [2.75, 3.05) is 26.3 Å². The van der Waals surface area contributed by atoms with Gasteiger partial charge >= 0.3 is 0 Å². The lowest BCUT2D eigenvalue weighted by Crippen LogP contribution is -2.28. The van der Waals surface area contributed by atoms with Crippen molar-refractivity contribution >= 4 is 11.0 Å². The summed E-state index contributed by atoms with van der Waals surface area (Å²) < 4.78 is 11.4. The van der Waals surface area contributed by atoms with Gasteiger partial charge in [0.25, 0.3) is 0 Å². The summed E-state index contributed by atoms with van der Waals surface area (Å²) in [7, 11) is 0. The van der Waals surface area contributed by atoms with Gasteiger partial charge in [0.2, 0.25) is 0 Å². The second-order valence-electron chi connectivity index (χ2n) is 5.53. The summed E-state index contributed by atoms with van der Waals surface area (Å²) in [5, 5.41) is 3.43. The van der Waals surface area contributed by atoms with Crippen LogP contribution in [0.15, 0.2) is 12.1 Å². The Bertz CT molecular complexity index is 574. The van der Waals surface area contributed by atoms with Crippen molar-refractivity contribution in [1.82, 2.24) is 15.3 Å². The standard InChI is InChI=1S/C15H19N3O2/c1-3-10(9-16-4-1)15-17-11-7-13-14(8-12(11)18-15)20-6-2-5-19-13/h7-8,10,16H,1-6,9H2,(H,17,18). The molecular formula is C15H19N3O2. The Morgan fingerprint density at radius 1 is 1.10 bits per heavy atom. The Kier molecular flexibility index (Phi) is 2.99. The Balaban J connectivity index is 1.72. The Hall–Kier alpha value is -1.75. The zero-order chi connectivity index (χ0) is 13.4. The van der Waals surface area contributed by atoms with Gasteiger partial charge in [-0.15, -0.1) is 0 Å². The molecule has 5 nitrogen and oxygen atoms in total. The van der Waals surface area contributed by atoms with Crippen molar-refractivity contribution in [1.29, 1.82) is 0 Å². The van der Waals surface area contributed by atoms with Crippen LogP contribution in [0.25, 0.3) is 11.0 Å². The monoisotopic (exact) mass is 273 g/mol. The Morgan fingerprint density at radius 2 is 1.95 bits per heavy atom.